The van der Waals surface area contributed by atoms with Crippen LogP contribution in [0, 0.1) is 0 Å². The van der Waals surface area contributed by atoms with Gasteiger partial charge in [-0.2, -0.15) is 127 Å². The van der Waals surface area contributed by atoms with E-state index in [1.165, 1.54) is 14.7 Å². The van der Waals surface area contributed by atoms with Gasteiger partial charge in [0.1, 0.15) is 36.0 Å². The summed E-state index contributed by atoms with van der Waals surface area (Å²) in [7, 11) is -0.233. The van der Waals surface area contributed by atoms with Gasteiger partial charge < -0.3 is 9.47 Å². The smallest absolute Gasteiger partial charge is 0.416 e. The molecule has 0 aromatic heterocycles. The molecular weight excluding hydrogens is 1230 g/mol. The molecule has 86 heavy (non-hydrogen) atoms. The minimum Gasteiger partial charge on any atom is -0.490 e. The van der Waals surface area contributed by atoms with Crippen molar-refractivity contribution in [3.8, 4) is 11.5 Å². The molecule has 0 radical (unpaired) electrons. The number of hydrogen-bond donors (Lipinski definition) is 0. The molecule has 28 heteroatoms. The monoisotopic (exact) mass is 1260 g/mol. The molecule has 0 fully saturated rings. The number of benzene rings is 8. The van der Waals surface area contributed by atoms with Crippen LogP contribution in [-0.2, 0) is 60.3 Å². The Bertz CT molecular complexity index is 3130. The fourth-order valence-corrected chi connectivity index (χ4v) is 11.3. The van der Waals surface area contributed by atoms with E-state index in [4.69, 9.17) is 9.47 Å². The van der Waals surface area contributed by atoms with Crippen LogP contribution in [0.2, 0.25) is 0 Å². The second-order valence-electron chi connectivity index (χ2n) is 18.6. The van der Waals surface area contributed by atoms with Crippen LogP contribution in [0.3, 0.4) is 0 Å². The molecule has 2 nitrogen and oxygen atoms in total. The van der Waals surface area contributed by atoms with Crippen molar-refractivity contribution in [3.63, 3.8) is 0 Å². The van der Waals surface area contributed by atoms with Gasteiger partial charge >= 0.3 is 49.4 Å². The summed E-state index contributed by atoms with van der Waals surface area (Å²) in [6.07, 6.45) is -54.8. The molecule has 8 aromatic carbocycles. The summed E-state index contributed by atoms with van der Waals surface area (Å²) in [6.45, 7) is 0.996. The summed E-state index contributed by atoms with van der Waals surface area (Å²) in [5.74, 6) is 1.76. The van der Waals surface area contributed by atoms with E-state index in [1.54, 1.807) is 0 Å². The van der Waals surface area contributed by atoms with Gasteiger partial charge in [-0.05, 0) is 72.8 Å². The number of halogens is 24. The molecule has 0 saturated carbocycles. The highest BCUT2D eigenvalue weighted by molar-refractivity contribution is 7.97. The fourth-order valence-electron chi connectivity index (χ4n) is 9.14. The van der Waals surface area contributed by atoms with Crippen molar-refractivity contribution in [1.29, 1.82) is 0 Å². The van der Waals surface area contributed by atoms with Crippen LogP contribution >= 0.6 is 0 Å². The Morgan fingerprint density at radius 3 is 0.767 bits per heavy atom. The summed E-state index contributed by atoms with van der Waals surface area (Å²) in [6, 6.07) is 30.6. The molecule has 0 unspecified atom stereocenters. The van der Waals surface area contributed by atoms with Crippen LogP contribution in [0.15, 0.2) is 203 Å². The van der Waals surface area contributed by atoms with Crippen LogP contribution in [0.4, 0.5) is 105 Å². The molecule has 0 aliphatic carbocycles. The molecule has 8 rings (SSSR count). The van der Waals surface area contributed by atoms with E-state index in [9.17, 15) is 105 Å². The molecule has 8 aromatic rings. The van der Waals surface area contributed by atoms with E-state index < -0.39 is 195 Å². The van der Waals surface area contributed by atoms with Gasteiger partial charge in [0.15, 0.2) is 15.5 Å². The van der Waals surface area contributed by atoms with Gasteiger partial charge in [0.2, 0.25) is 4.90 Å². The average molecular weight is 1260 g/mol. The summed E-state index contributed by atoms with van der Waals surface area (Å²) >= 11 is 0. The van der Waals surface area contributed by atoms with Crippen molar-refractivity contribution >= 4 is 38.9 Å². The Hall–Kier alpha value is -7.91. The minimum atomic E-state index is -6.13. The standard InChI is InChI=1S/C32H12BF24.C26H23O2S/c34-25(35,36)13-1-14(26(37,38)39)6-21(5-13)33(22-7-15(27(40,41)42)2-16(8-22)28(43,44)45,23-9-17(29(46,47)48)3-18(10-23)30(49,50)51)24-11-19(31(52,53)54)4-20(12-24)32(55,56)57;1-4-12-22(13-5-1)27-20-21-28-25-18-10-11-19-26(25)29(23-14-6-2-7-15-23)24-16-8-3-9-17-24/h1-12H;1-19H,20-21H2/q-1;+1. The predicted octanol–water partition coefficient (Wildman–Crippen LogP) is 17.5. The molecule has 0 bridgehead atoms. The van der Waals surface area contributed by atoms with Crippen LogP contribution < -0.4 is 31.3 Å². The first-order chi connectivity index (χ1) is 39.7. The first kappa shape index (κ1) is 65.6. The zero-order valence-corrected chi connectivity index (χ0v) is 43.5. The van der Waals surface area contributed by atoms with Crippen LogP contribution in [0.5, 0.6) is 11.5 Å². The molecule has 0 amide bonds. The highest BCUT2D eigenvalue weighted by atomic mass is 32.2. The summed E-state index contributed by atoms with van der Waals surface area (Å²) in [5, 5.41) is 0. The highest BCUT2D eigenvalue weighted by Crippen LogP contribution is 2.42. The number of para-hydroxylation sites is 2. The van der Waals surface area contributed by atoms with Crippen LogP contribution in [-0.4, -0.2) is 19.4 Å². The van der Waals surface area contributed by atoms with Crippen LogP contribution in [0.25, 0.3) is 0 Å². The second-order valence-corrected chi connectivity index (χ2v) is 20.6. The van der Waals surface area contributed by atoms with Crippen molar-refractivity contribution in [3.05, 3.63) is 233 Å². The largest absolute Gasteiger partial charge is 0.490 e. The van der Waals surface area contributed by atoms with Crippen molar-refractivity contribution in [2.45, 2.75) is 64.1 Å². The van der Waals surface area contributed by atoms with E-state index >= 15 is 0 Å². The average Bonchev–Trinajstić information content (AvgIpc) is 0.719. The zero-order valence-electron chi connectivity index (χ0n) is 42.7. The van der Waals surface area contributed by atoms with Crippen molar-refractivity contribution < 1.29 is 115 Å². The lowest BCUT2D eigenvalue weighted by molar-refractivity contribution is -0.144. The van der Waals surface area contributed by atoms with E-state index in [1.807, 2.05) is 42.5 Å². The van der Waals surface area contributed by atoms with Gasteiger partial charge in [-0.1, -0.05) is 115 Å². The predicted molar refractivity (Wildman–Crippen MR) is 269 cm³/mol. The fraction of sp³-hybridized carbons (Fsp3) is 0.172. The number of alkyl halides is 24. The van der Waals surface area contributed by atoms with E-state index in [0.717, 1.165) is 11.5 Å². The van der Waals surface area contributed by atoms with E-state index in [2.05, 4.69) is 72.8 Å². The molecular formula is C58H35BF24O2S. The maximum Gasteiger partial charge on any atom is 0.416 e. The van der Waals surface area contributed by atoms with E-state index in [0.29, 0.717) is 13.2 Å². The highest BCUT2D eigenvalue weighted by Gasteiger charge is 2.47. The Balaban J connectivity index is 0.000000302. The minimum absolute atomic E-state index is 0.233. The van der Waals surface area contributed by atoms with Crippen molar-refractivity contribution in [2.75, 3.05) is 13.2 Å². The maximum atomic E-state index is 14.2. The first-order valence-electron chi connectivity index (χ1n) is 24.3. The quantitative estimate of drug-likeness (QED) is 0.0525. The van der Waals surface area contributed by atoms with Crippen LogP contribution in [0.1, 0.15) is 44.5 Å². The topological polar surface area (TPSA) is 18.5 Å². The molecule has 0 aliphatic heterocycles. The summed E-state index contributed by atoms with van der Waals surface area (Å²) < 4.78 is 353. The van der Waals surface area contributed by atoms with Gasteiger partial charge in [-0.25, -0.2) is 0 Å². The van der Waals surface area contributed by atoms with Crippen molar-refractivity contribution in [1.82, 2.24) is 0 Å². The van der Waals surface area contributed by atoms with E-state index in [-0.39, 0.29) is 10.9 Å². The molecule has 0 saturated heterocycles. The summed E-state index contributed by atoms with van der Waals surface area (Å²) in [5.41, 5.74) is -30.2. The molecule has 0 heterocycles. The van der Waals surface area contributed by atoms with Crippen molar-refractivity contribution in [2.24, 2.45) is 0 Å². The van der Waals surface area contributed by atoms with Gasteiger partial charge in [0.05, 0.1) is 44.5 Å². The summed E-state index contributed by atoms with van der Waals surface area (Å²) in [4.78, 5) is 3.73. The zero-order chi connectivity index (χ0) is 63.6. The van der Waals surface area contributed by atoms with Gasteiger partial charge in [0.25, 0.3) is 0 Å². The third-order valence-corrected chi connectivity index (χ3v) is 15.1. The normalized spacial score (nSPS) is 13.1. The first-order valence-corrected chi connectivity index (χ1v) is 25.5. The van der Waals surface area contributed by atoms with Gasteiger partial charge in [-0.3, -0.25) is 0 Å². The lowest BCUT2D eigenvalue weighted by Crippen LogP contribution is -2.75. The molecule has 456 valence electrons. The van der Waals surface area contributed by atoms with Gasteiger partial charge in [-0.15, -0.1) is 0 Å². The third kappa shape index (κ3) is 15.6. The number of rotatable bonds is 12. The second kappa shape index (κ2) is 24.5. The van der Waals surface area contributed by atoms with Gasteiger partial charge in [0, 0.05) is 0 Å². The molecule has 0 spiro atoms. The molecule has 0 atom stereocenters. The maximum absolute atomic E-state index is 14.2. The lowest BCUT2D eigenvalue weighted by atomic mass is 9.12. The lowest BCUT2D eigenvalue weighted by Gasteiger charge is -2.46. The molecule has 0 N–H and O–H groups in total. The number of hydrogen-bond acceptors (Lipinski definition) is 2. The Morgan fingerprint density at radius 1 is 0.267 bits per heavy atom. The number of ether oxygens (including phenoxy) is 2. The third-order valence-electron chi connectivity index (χ3n) is 12.8. The Labute approximate surface area is 473 Å². The molecule has 0 aliphatic rings. The Morgan fingerprint density at radius 2 is 0.500 bits per heavy atom. The SMILES string of the molecule is FC(F)(F)c1cc([B-](c2cc(C(F)(F)F)cc(C(F)(F)F)c2)(c2cc(C(F)(F)F)cc(C(F)(F)F)c2)c2cc(C(F)(F)F)cc(C(F)(F)F)c2)cc(C(F)(F)F)c1.c1ccc(OCCOc2ccccc2[S+](c2ccccc2)c2ccccc2)cc1. The Kier molecular flexibility index (Phi) is 18.7.